The molecule has 1 aromatic heterocycles. The van der Waals surface area contributed by atoms with E-state index in [0.717, 1.165) is 42.4 Å². The van der Waals surface area contributed by atoms with Gasteiger partial charge in [0, 0.05) is 11.1 Å². The Bertz CT molecular complexity index is 992. The Labute approximate surface area is 167 Å². The Hall–Kier alpha value is -2.39. The van der Waals surface area contributed by atoms with Gasteiger partial charge in [-0.25, -0.2) is 13.2 Å². The van der Waals surface area contributed by atoms with E-state index >= 15 is 0 Å². The lowest BCUT2D eigenvalue weighted by molar-refractivity contribution is -0.118. The van der Waals surface area contributed by atoms with Gasteiger partial charge < -0.3 is 14.8 Å². The monoisotopic (exact) mass is 423 g/mol. The fourth-order valence-electron chi connectivity index (χ4n) is 3.07. The SMILES string of the molecule is COC(=O)c1c(NC(=O)COc2ccc(S(C)(=O)=O)cc2)sc2c1CCCC2. The van der Waals surface area contributed by atoms with Gasteiger partial charge in [-0.1, -0.05) is 0 Å². The Morgan fingerprint density at radius 2 is 1.82 bits per heavy atom. The van der Waals surface area contributed by atoms with Crippen LogP contribution in [-0.2, 0) is 32.2 Å². The highest BCUT2D eigenvalue weighted by molar-refractivity contribution is 7.90. The van der Waals surface area contributed by atoms with Crippen LogP contribution >= 0.6 is 11.3 Å². The van der Waals surface area contributed by atoms with E-state index in [1.54, 1.807) is 0 Å². The standard InChI is InChI=1S/C19H21NO6S2/c1-25-19(22)17-14-5-3-4-6-15(14)27-18(17)20-16(21)11-26-12-7-9-13(10-8-12)28(2,23)24/h7-10H,3-6,11H2,1-2H3,(H,20,21). The number of benzene rings is 1. The minimum absolute atomic E-state index is 0.177. The van der Waals surface area contributed by atoms with Crippen LogP contribution in [0.4, 0.5) is 5.00 Å². The van der Waals surface area contributed by atoms with Crippen LogP contribution in [0.5, 0.6) is 5.75 Å². The van der Waals surface area contributed by atoms with Gasteiger partial charge >= 0.3 is 5.97 Å². The normalized spacial score (nSPS) is 13.5. The average molecular weight is 424 g/mol. The first-order valence-corrected chi connectivity index (χ1v) is 11.5. The van der Waals surface area contributed by atoms with E-state index in [0.29, 0.717) is 16.3 Å². The Morgan fingerprint density at radius 1 is 1.14 bits per heavy atom. The second-order valence-electron chi connectivity index (χ2n) is 6.49. The van der Waals surface area contributed by atoms with Crippen LogP contribution in [-0.4, -0.2) is 40.3 Å². The van der Waals surface area contributed by atoms with Crippen LogP contribution < -0.4 is 10.1 Å². The summed E-state index contributed by atoms with van der Waals surface area (Å²) in [6.45, 7) is -0.262. The summed E-state index contributed by atoms with van der Waals surface area (Å²) in [5.74, 6) is -0.482. The van der Waals surface area contributed by atoms with Gasteiger partial charge in [0.2, 0.25) is 0 Å². The molecular formula is C19H21NO6S2. The van der Waals surface area contributed by atoms with Gasteiger partial charge in [0.15, 0.2) is 16.4 Å². The number of carbonyl (C=O) groups excluding carboxylic acids is 2. The van der Waals surface area contributed by atoms with Crippen molar-refractivity contribution in [1.29, 1.82) is 0 Å². The number of methoxy groups -OCH3 is 1. The number of hydrogen-bond acceptors (Lipinski definition) is 7. The summed E-state index contributed by atoms with van der Waals surface area (Å²) in [6.07, 6.45) is 4.88. The number of amides is 1. The van der Waals surface area contributed by atoms with Crippen LogP contribution in [0.25, 0.3) is 0 Å². The lowest BCUT2D eigenvalue weighted by Gasteiger charge is -2.12. The molecule has 150 valence electrons. The maximum atomic E-state index is 12.3. The molecule has 0 saturated heterocycles. The molecule has 3 rings (SSSR count). The van der Waals surface area contributed by atoms with Gasteiger partial charge in [0.1, 0.15) is 10.8 Å². The summed E-state index contributed by atoms with van der Waals surface area (Å²) < 4.78 is 33.2. The highest BCUT2D eigenvalue weighted by Crippen LogP contribution is 2.38. The van der Waals surface area contributed by atoms with Crippen molar-refractivity contribution in [3.05, 3.63) is 40.3 Å². The molecule has 0 atom stereocenters. The summed E-state index contributed by atoms with van der Waals surface area (Å²) in [6, 6.07) is 5.83. The van der Waals surface area contributed by atoms with Crippen LogP contribution in [0.3, 0.4) is 0 Å². The molecule has 0 unspecified atom stereocenters. The summed E-state index contributed by atoms with van der Waals surface area (Å²) in [4.78, 5) is 25.8. The van der Waals surface area contributed by atoms with Gasteiger partial charge in [0.25, 0.3) is 5.91 Å². The fraction of sp³-hybridized carbons (Fsp3) is 0.368. The van der Waals surface area contributed by atoms with E-state index in [2.05, 4.69) is 5.32 Å². The van der Waals surface area contributed by atoms with E-state index < -0.39 is 21.7 Å². The number of hydrogen-bond donors (Lipinski definition) is 1. The number of sulfone groups is 1. The predicted octanol–water partition coefficient (Wildman–Crippen LogP) is 2.83. The third-order valence-corrected chi connectivity index (χ3v) is 6.77. The van der Waals surface area contributed by atoms with Crippen molar-refractivity contribution >= 4 is 38.1 Å². The van der Waals surface area contributed by atoms with Gasteiger partial charge in [-0.05, 0) is 55.5 Å². The lowest BCUT2D eigenvalue weighted by Crippen LogP contribution is -2.21. The van der Waals surface area contributed by atoms with E-state index in [1.165, 1.54) is 42.7 Å². The maximum absolute atomic E-state index is 12.3. The first kappa shape index (κ1) is 20.3. The average Bonchev–Trinajstić information content (AvgIpc) is 3.03. The van der Waals surface area contributed by atoms with Gasteiger partial charge in [-0.3, -0.25) is 4.79 Å². The molecule has 0 radical (unpaired) electrons. The second kappa shape index (κ2) is 8.32. The summed E-state index contributed by atoms with van der Waals surface area (Å²) in [5, 5.41) is 3.23. The highest BCUT2D eigenvalue weighted by Gasteiger charge is 2.26. The third kappa shape index (κ3) is 4.53. The Balaban J connectivity index is 1.68. The Kier molecular flexibility index (Phi) is 6.04. The number of fused-ring (bicyclic) bond motifs is 1. The molecule has 2 aromatic rings. The van der Waals surface area contributed by atoms with E-state index in [9.17, 15) is 18.0 Å². The molecule has 0 saturated carbocycles. The van der Waals surface area contributed by atoms with Crippen molar-refractivity contribution in [2.75, 3.05) is 25.3 Å². The molecule has 9 heteroatoms. The quantitative estimate of drug-likeness (QED) is 0.718. The van der Waals surface area contributed by atoms with E-state index in [1.807, 2.05) is 0 Å². The molecule has 1 aliphatic carbocycles. The number of rotatable bonds is 6. The van der Waals surface area contributed by atoms with Crippen LogP contribution in [0, 0.1) is 0 Å². The molecule has 1 aliphatic rings. The largest absolute Gasteiger partial charge is 0.484 e. The molecule has 0 aliphatic heterocycles. The van der Waals surface area contributed by atoms with E-state index in [-0.39, 0.29) is 11.5 Å². The van der Waals surface area contributed by atoms with Crippen LogP contribution in [0.1, 0.15) is 33.6 Å². The molecule has 1 amide bonds. The predicted molar refractivity (Wildman–Crippen MR) is 106 cm³/mol. The van der Waals surface area contributed by atoms with E-state index in [4.69, 9.17) is 9.47 Å². The fourth-order valence-corrected chi connectivity index (χ4v) is 4.99. The molecular weight excluding hydrogens is 402 g/mol. The minimum Gasteiger partial charge on any atom is -0.484 e. The maximum Gasteiger partial charge on any atom is 0.341 e. The molecule has 0 fully saturated rings. The molecule has 0 spiro atoms. The van der Waals surface area contributed by atoms with Gasteiger partial charge in [0.05, 0.1) is 17.6 Å². The zero-order chi connectivity index (χ0) is 20.3. The molecule has 1 N–H and O–H groups in total. The first-order valence-electron chi connectivity index (χ1n) is 8.75. The Morgan fingerprint density at radius 3 is 2.46 bits per heavy atom. The van der Waals surface area contributed by atoms with Crippen molar-refractivity contribution < 1.29 is 27.5 Å². The number of anilines is 1. The number of aryl methyl sites for hydroxylation is 1. The topological polar surface area (TPSA) is 98.8 Å². The lowest BCUT2D eigenvalue weighted by atomic mass is 9.95. The molecule has 28 heavy (non-hydrogen) atoms. The summed E-state index contributed by atoms with van der Waals surface area (Å²) in [7, 11) is -1.96. The zero-order valence-corrected chi connectivity index (χ0v) is 17.2. The molecule has 0 bridgehead atoms. The van der Waals surface area contributed by atoms with Gasteiger partial charge in [-0.15, -0.1) is 11.3 Å². The minimum atomic E-state index is -3.29. The van der Waals surface area contributed by atoms with Crippen molar-refractivity contribution in [2.45, 2.75) is 30.6 Å². The van der Waals surface area contributed by atoms with Gasteiger partial charge in [-0.2, -0.15) is 0 Å². The van der Waals surface area contributed by atoms with Crippen molar-refractivity contribution in [2.24, 2.45) is 0 Å². The van der Waals surface area contributed by atoms with Crippen LogP contribution in [0.2, 0.25) is 0 Å². The molecule has 1 aromatic carbocycles. The van der Waals surface area contributed by atoms with Crippen molar-refractivity contribution in [3.63, 3.8) is 0 Å². The smallest absolute Gasteiger partial charge is 0.341 e. The summed E-state index contributed by atoms with van der Waals surface area (Å²) in [5.41, 5.74) is 1.41. The number of nitrogens with one attached hydrogen (secondary N) is 1. The molecule has 1 heterocycles. The number of carbonyl (C=O) groups is 2. The molecule has 7 nitrogen and oxygen atoms in total. The number of esters is 1. The van der Waals surface area contributed by atoms with Crippen molar-refractivity contribution in [1.82, 2.24) is 0 Å². The number of thiophene rings is 1. The summed E-state index contributed by atoms with van der Waals surface area (Å²) >= 11 is 1.41. The zero-order valence-electron chi connectivity index (χ0n) is 15.6. The third-order valence-electron chi connectivity index (χ3n) is 4.44. The second-order valence-corrected chi connectivity index (χ2v) is 9.61. The van der Waals surface area contributed by atoms with Crippen LogP contribution in [0.15, 0.2) is 29.2 Å². The van der Waals surface area contributed by atoms with Crippen molar-refractivity contribution in [3.8, 4) is 5.75 Å². The number of ether oxygens (including phenoxy) is 2. The first-order chi connectivity index (χ1) is 13.3. The highest BCUT2D eigenvalue weighted by atomic mass is 32.2.